The number of hydrogen-bond acceptors (Lipinski definition) is 8. The third-order valence-electron chi connectivity index (χ3n) is 7.15. The molecule has 2 atom stereocenters. The number of carbonyl (C=O) groups is 1. The molecule has 3 aliphatic rings. The lowest BCUT2D eigenvalue weighted by Gasteiger charge is -2.28. The number of phenols is 1. The van der Waals surface area contributed by atoms with Crippen molar-refractivity contribution in [2.75, 3.05) is 5.43 Å². The molecule has 1 aromatic carbocycles. The van der Waals surface area contributed by atoms with Gasteiger partial charge in [-0.3, -0.25) is 10.2 Å². The zero-order valence-electron chi connectivity index (χ0n) is 18.9. The quantitative estimate of drug-likeness (QED) is 0.470. The van der Waals surface area contributed by atoms with Crippen LogP contribution in [0.1, 0.15) is 87.9 Å². The molecule has 2 heterocycles. The number of hydrazone groups is 2. The maximum atomic E-state index is 12.9. The predicted octanol–water partition coefficient (Wildman–Crippen LogP) is 3.67. The van der Waals surface area contributed by atoms with Crippen molar-refractivity contribution < 1.29 is 9.90 Å². The number of hydrogen-bond donors (Lipinski definition) is 3. The SMILES string of the molecule is CC1=NN(C2CCCCC2)C(=O)C1=NNc1cccc(C2CCCC(c3nnn[nH]3)C2)c1O. The van der Waals surface area contributed by atoms with Crippen molar-refractivity contribution in [1.82, 2.24) is 25.6 Å². The molecule has 10 nitrogen and oxygen atoms in total. The minimum absolute atomic E-state index is 0.157. The molecule has 33 heavy (non-hydrogen) atoms. The maximum absolute atomic E-state index is 12.9. The van der Waals surface area contributed by atoms with Crippen molar-refractivity contribution in [2.45, 2.75) is 82.6 Å². The lowest BCUT2D eigenvalue weighted by Crippen LogP contribution is -2.37. The van der Waals surface area contributed by atoms with Crippen molar-refractivity contribution in [2.24, 2.45) is 10.2 Å². The third-order valence-corrected chi connectivity index (χ3v) is 7.15. The van der Waals surface area contributed by atoms with Crippen LogP contribution in [0.25, 0.3) is 0 Å². The Bertz CT molecular complexity index is 1060. The van der Waals surface area contributed by atoms with Crippen LogP contribution < -0.4 is 5.43 Å². The van der Waals surface area contributed by atoms with E-state index >= 15 is 0 Å². The first-order valence-electron chi connectivity index (χ1n) is 11.9. The van der Waals surface area contributed by atoms with Crippen LogP contribution in [0.3, 0.4) is 0 Å². The highest BCUT2D eigenvalue weighted by Crippen LogP contribution is 2.44. The Balaban J connectivity index is 1.31. The van der Waals surface area contributed by atoms with E-state index in [1.54, 1.807) is 18.0 Å². The van der Waals surface area contributed by atoms with E-state index in [2.05, 4.69) is 36.3 Å². The summed E-state index contributed by atoms with van der Waals surface area (Å²) in [4.78, 5) is 12.9. The second kappa shape index (κ2) is 9.29. The normalized spacial score (nSPS) is 25.5. The third kappa shape index (κ3) is 4.34. The van der Waals surface area contributed by atoms with Gasteiger partial charge < -0.3 is 5.11 Å². The zero-order valence-corrected chi connectivity index (χ0v) is 18.9. The van der Waals surface area contributed by atoms with E-state index < -0.39 is 0 Å². The fraction of sp³-hybridized carbons (Fsp3) is 0.565. The Morgan fingerprint density at radius 2 is 1.94 bits per heavy atom. The summed E-state index contributed by atoms with van der Waals surface area (Å²) in [5.74, 6) is 1.25. The molecule has 174 valence electrons. The molecule has 1 aliphatic heterocycles. The van der Waals surface area contributed by atoms with Crippen molar-refractivity contribution in [1.29, 1.82) is 0 Å². The van der Waals surface area contributed by atoms with Crippen LogP contribution in [0.4, 0.5) is 5.69 Å². The van der Waals surface area contributed by atoms with E-state index in [1.165, 1.54) is 6.42 Å². The topological polar surface area (TPSA) is 132 Å². The zero-order chi connectivity index (χ0) is 22.8. The molecule has 10 heteroatoms. The minimum atomic E-state index is -0.168. The van der Waals surface area contributed by atoms with Crippen LogP contribution in [0.15, 0.2) is 28.4 Å². The Hall–Kier alpha value is -3.30. The molecule has 1 amide bonds. The molecular formula is C23H30N8O2. The first-order valence-corrected chi connectivity index (χ1v) is 11.9. The van der Waals surface area contributed by atoms with Crippen molar-refractivity contribution >= 4 is 23.0 Å². The van der Waals surface area contributed by atoms with Crippen molar-refractivity contribution in [3.05, 3.63) is 29.6 Å². The summed E-state index contributed by atoms with van der Waals surface area (Å²) in [6.45, 7) is 1.80. The van der Waals surface area contributed by atoms with Crippen molar-refractivity contribution in [3.63, 3.8) is 0 Å². The van der Waals surface area contributed by atoms with Crippen LogP contribution in [0.5, 0.6) is 5.75 Å². The molecule has 2 saturated carbocycles. The van der Waals surface area contributed by atoms with Crippen LogP contribution in [-0.2, 0) is 4.79 Å². The number of para-hydroxylation sites is 1. The molecule has 0 saturated heterocycles. The highest BCUT2D eigenvalue weighted by molar-refractivity contribution is 6.68. The second-order valence-corrected chi connectivity index (χ2v) is 9.29. The fourth-order valence-corrected chi connectivity index (χ4v) is 5.38. The van der Waals surface area contributed by atoms with Gasteiger partial charge in [0.25, 0.3) is 5.91 Å². The van der Waals surface area contributed by atoms with Gasteiger partial charge in [-0.1, -0.05) is 37.8 Å². The van der Waals surface area contributed by atoms with Gasteiger partial charge in [0.2, 0.25) is 0 Å². The first kappa shape index (κ1) is 21.5. The number of amides is 1. The highest BCUT2D eigenvalue weighted by atomic mass is 16.3. The van der Waals surface area contributed by atoms with E-state index in [0.717, 1.165) is 62.8 Å². The molecule has 2 aliphatic carbocycles. The number of H-pyrrole nitrogens is 1. The van der Waals surface area contributed by atoms with Gasteiger partial charge in [-0.2, -0.15) is 10.2 Å². The molecule has 2 fully saturated rings. The number of carbonyl (C=O) groups excluding carboxylic acids is 1. The van der Waals surface area contributed by atoms with Crippen LogP contribution in [0, 0.1) is 0 Å². The van der Waals surface area contributed by atoms with Crippen molar-refractivity contribution in [3.8, 4) is 5.75 Å². The Labute approximate surface area is 192 Å². The molecule has 0 spiro atoms. The minimum Gasteiger partial charge on any atom is -0.505 e. The fourth-order valence-electron chi connectivity index (χ4n) is 5.38. The van der Waals surface area contributed by atoms with Gasteiger partial charge in [0.15, 0.2) is 11.5 Å². The van der Waals surface area contributed by atoms with Gasteiger partial charge >= 0.3 is 0 Å². The Kier molecular flexibility index (Phi) is 6.06. The lowest BCUT2D eigenvalue weighted by atomic mass is 9.77. The number of nitrogens with zero attached hydrogens (tertiary/aromatic N) is 6. The number of tetrazole rings is 1. The maximum Gasteiger partial charge on any atom is 0.296 e. The summed E-state index contributed by atoms with van der Waals surface area (Å²) in [6, 6.07) is 5.79. The van der Waals surface area contributed by atoms with Gasteiger partial charge in [0, 0.05) is 5.92 Å². The van der Waals surface area contributed by atoms with Crippen LogP contribution in [0.2, 0.25) is 0 Å². The first-order chi connectivity index (χ1) is 16.1. The summed E-state index contributed by atoms with van der Waals surface area (Å²) < 4.78 is 0. The summed E-state index contributed by atoms with van der Waals surface area (Å²) >= 11 is 0. The number of aromatic hydroxyl groups is 1. The number of aromatic nitrogens is 4. The molecule has 2 aromatic rings. The van der Waals surface area contributed by atoms with E-state index in [-0.39, 0.29) is 29.5 Å². The summed E-state index contributed by atoms with van der Waals surface area (Å²) in [6.07, 6.45) is 9.36. The highest BCUT2D eigenvalue weighted by Gasteiger charge is 2.35. The lowest BCUT2D eigenvalue weighted by molar-refractivity contribution is -0.126. The van der Waals surface area contributed by atoms with Gasteiger partial charge in [-0.15, -0.1) is 5.10 Å². The molecule has 2 unspecified atom stereocenters. The number of phenolic OH excluding ortho intramolecular Hbond substituents is 1. The van der Waals surface area contributed by atoms with E-state index in [0.29, 0.717) is 17.1 Å². The smallest absolute Gasteiger partial charge is 0.296 e. The summed E-state index contributed by atoms with van der Waals surface area (Å²) in [7, 11) is 0. The number of anilines is 1. The number of benzene rings is 1. The second-order valence-electron chi connectivity index (χ2n) is 9.29. The predicted molar refractivity (Wildman–Crippen MR) is 124 cm³/mol. The van der Waals surface area contributed by atoms with E-state index in [9.17, 15) is 9.90 Å². The standard InChI is InChI=1S/C23H30N8O2/c1-14-20(23(33)31(28-14)17-9-3-2-4-10-17)25-24-19-12-6-11-18(21(19)32)15-7-5-8-16(13-15)22-26-29-30-27-22/h6,11-12,15-17,24,32H,2-5,7-10,13H2,1H3,(H,26,27,29,30). The molecular weight excluding hydrogens is 420 g/mol. The number of rotatable bonds is 5. The monoisotopic (exact) mass is 450 g/mol. The Morgan fingerprint density at radius 3 is 2.73 bits per heavy atom. The average Bonchev–Trinajstić information content (AvgIpc) is 3.48. The molecule has 0 bridgehead atoms. The molecule has 3 N–H and O–H groups in total. The van der Waals surface area contributed by atoms with Gasteiger partial charge in [0.1, 0.15) is 5.75 Å². The van der Waals surface area contributed by atoms with Gasteiger partial charge in [-0.25, -0.2) is 10.1 Å². The molecule has 1 aromatic heterocycles. The largest absolute Gasteiger partial charge is 0.505 e. The average molecular weight is 451 g/mol. The Morgan fingerprint density at radius 1 is 1.12 bits per heavy atom. The van der Waals surface area contributed by atoms with Gasteiger partial charge in [0.05, 0.1) is 17.4 Å². The van der Waals surface area contributed by atoms with Gasteiger partial charge in [-0.05, 0) is 67.0 Å². The van der Waals surface area contributed by atoms with Crippen LogP contribution in [-0.4, -0.2) is 54.1 Å². The van der Waals surface area contributed by atoms with Crippen LogP contribution >= 0.6 is 0 Å². The van der Waals surface area contributed by atoms with E-state index in [1.807, 2.05) is 12.1 Å². The molecule has 5 rings (SSSR count). The van der Waals surface area contributed by atoms with E-state index in [4.69, 9.17) is 0 Å². The molecule has 0 radical (unpaired) electrons. The number of nitrogens with one attached hydrogen (secondary N) is 2. The number of aromatic amines is 1. The summed E-state index contributed by atoms with van der Waals surface area (Å²) in [5, 5.41) is 35.8. The summed E-state index contributed by atoms with van der Waals surface area (Å²) in [5.41, 5.74) is 5.20.